The summed E-state index contributed by atoms with van der Waals surface area (Å²) in [6.07, 6.45) is 0. The summed E-state index contributed by atoms with van der Waals surface area (Å²) < 4.78 is 5.07. The first-order valence-corrected chi connectivity index (χ1v) is 5.35. The molecule has 0 saturated carbocycles. The van der Waals surface area contributed by atoms with Gasteiger partial charge in [-0.05, 0) is 18.2 Å². The Hall–Kier alpha value is -1.06. The van der Waals surface area contributed by atoms with E-state index in [0.29, 0.717) is 5.02 Å². The first-order chi connectivity index (χ1) is 6.81. The molecule has 1 aromatic heterocycles. The number of aromatic nitrogens is 1. The van der Waals surface area contributed by atoms with Crippen LogP contribution in [-0.2, 0) is 0 Å². The van der Waals surface area contributed by atoms with Crippen LogP contribution >= 0.6 is 22.9 Å². The summed E-state index contributed by atoms with van der Waals surface area (Å²) in [5.41, 5.74) is 3.63. The Labute approximate surface area is 91.1 Å². The quantitative estimate of drug-likeness (QED) is 0.781. The number of rotatable bonds is 2. The van der Waals surface area contributed by atoms with Crippen molar-refractivity contribution in [2.45, 2.75) is 0 Å². The van der Waals surface area contributed by atoms with Crippen molar-refractivity contribution in [3.8, 4) is 17.0 Å². The van der Waals surface area contributed by atoms with E-state index in [1.165, 1.54) is 0 Å². The van der Waals surface area contributed by atoms with Gasteiger partial charge in [0.2, 0.25) is 0 Å². The average molecular weight is 226 g/mol. The second-order valence-corrected chi connectivity index (χ2v) is 3.85. The molecule has 0 aliphatic carbocycles. The van der Waals surface area contributed by atoms with Gasteiger partial charge in [0.25, 0.3) is 0 Å². The number of hydrogen-bond acceptors (Lipinski definition) is 3. The van der Waals surface area contributed by atoms with Crippen LogP contribution in [0.1, 0.15) is 0 Å². The Kier molecular flexibility index (Phi) is 2.70. The largest absolute Gasteiger partial charge is 0.497 e. The van der Waals surface area contributed by atoms with Gasteiger partial charge in [0, 0.05) is 10.9 Å². The van der Waals surface area contributed by atoms with Gasteiger partial charge in [-0.1, -0.05) is 11.6 Å². The molecule has 0 unspecified atom stereocenters. The molecule has 0 saturated heterocycles. The van der Waals surface area contributed by atoms with Crippen molar-refractivity contribution in [3.63, 3.8) is 0 Å². The second-order valence-electron chi connectivity index (χ2n) is 2.72. The Morgan fingerprint density at radius 3 is 2.86 bits per heavy atom. The van der Waals surface area contributed by atoms with Gasteiger partial charge < -0.3 is 4.74 Å². The van der Waals surface area contributed by atoms with E-state index < -0.39 is 0 Å². The molecule has 0 fully saturated rings. The van der Waals surface area contributed by atoms with Crippen LogP contribution in [0.5, 0.6) is 5.75 Å². The summed E-state index contributed by atoms with van der Waals surface area (Å²) >= 11 is 7.64. The molecule has 0 radical (unpaired) electrons. The number of hydrogen-bond donors (Lipinski definition) is 0. The van der Waals surface area contributed by atoms with Crippen molar-refractivity contribution in [3.05, 3.63) is 34.1 Å². The maximum Gasteiger partial charge on any atom is 0.120 e. The van der Waals surface area contributed by atoms with Crippen LogP contribution in [0.15, 0.2) is 29.1 Å². The number of benzene rings is 1. The van der Waals surface area contributed by atoms with E-state index in [1.807, 2.05) is 17.5 Å². The molecule has 2 nitrogen and oxygen atoms in total. The predicted molar refractivity (Wildman–Crippen MR) is 59.1 cm³/mol. The van der Waals surface area contributed by atoms with Gasteiger partial charge in [0.05, 0.1) is 23.3 Å². The maximum absolute atomic E-state index is 6.08. The van der Waals surface area contributed by atoms with Crippen molar-refractivity contribution in [2.75, 3.05) is 7.11 Å². The van der Waals surface area contributed by atoms with Crippen LogP contribution in [0.2, 0.25) is 5.02 Å². The number of halogens is 1. The minimum atomic E-state index is 0.662. The first kappa shape index (κ1) is 9.49. The molecule has 0 atom stereocenters. The molecule has 2 aromatic rings. The Morgan fingerprint density at radius 2 is 2.29 bits per heavy atom. The predicted octanol–water partition coefficient (Wildman–Crippen LogP) is 3.47. The minimum absolute atomic E-state index is 0.662. The van der Waals surface area contributed by atoms with E-state index in [1.54, 1.807) is 30.0 Å². The summed E-state index contributed by atoms with van der Waals surface area (Å²) in [6.45, 7) is 0. The minimum Gasteiger partial charge on any atom is -0.497 e. The van der Waals surface area contributed by atoms with E-state index in [2.05, 4.69) is 4.98 Å². The summed E-state index contributed by atoms with van der Waals surface area (Å²) in [4.78, 5) is 4.20. The van der Waals surface area contributed by atoms with Gasteiger partial charge in [0.15, 0.2) is 0 Å². The molecule has 0 N–H and O–H groups in total. The number of nitrogens with zero attached hydrogens (tertiary/aromatic N) is 1. The van der Waals surface area contributed by atoms with E-state index in [-0.39, 0.29) is 0 Å². The summed E-state index contributed by atoms with van der Waals surface area (Å²) in [7, 11) is 1.62. The molecule has 2 rings (SSSR count). The van der Waals surface area contributed by atoms with Crippen molar-refractivity contribution < 1.29 is 4.74 Å². The van der Waals surface area contributed by atoms with Crippen LogP contribution < -0.4 is 4.74 Å². The molecule has 0 aliphatic rings. The van der Waals surface area contributed by atoms with Crippen molar-refractivity contribution in [2.24, 2.45) is 0 Å². The molecule has 0 aliphatic heterocycles. The average Bonchev–Trinajstić information content (AvgIpc) is 2.70. The van der Waals surface area contributed by atoms with Crippen LogP contribution in [0.4, 0.5) is 0 Å². The molecule has 72 valence electrons. The monoisotopic (exact) mass is 225 g/mol. The van der Waals surface area contributed by atoms with Crippen molar-refractivity contribution in [1.82, 2.24) is 4.98 Å². The highest BCUT2D eigenvalue weighted by atomic mass is 35.5. The summed E-state index contributed by atoms with van der Waals surface area (Å²) in [6, 6.07) is 5.58. The number of methoxy groups -OCH3 is 1. The molecular formula is C10H8ClNOS. The van der Waals surface area contributed by atoms with Gasteiger partial charge in [0.1, 0.15) is 5.75 Å². The van der Waals surface area contributed by atoms with Gasteiger partial charge >= 0.3 is 0 Å². The topological polar surface area (TPSA) is 22.1 Å². The second kappa shape index (κ2) is 3.98. The lowest BCUT2D eigenvalue weighted by atomic mass is 10.2. The number of thiazole rings is 1. The molecule has 4 heteroatoms. The van der Waals surface area contributed by atoms with Crippen molar-refractivity contribution in [1.29, 1.82) is 0 Å². The summed E-state index contributed by atoms with van der Waals surface area (Å²) in [5, 5.41) is 2.63. The van der Waals surface area contributed by atoms with Crippen LogP contribution in [-0.4, -0.2) is 12.1 Å². The molecule has 0 spiro atoms. The molecule has 14 heavy (non-hydrogen) atoms. The first-order valence-electron chi connectivity index (χ1n) is 4.03. The lowest BCUT2D eigenvalue weighted by Gasteiger charge is -2.03. The lowest BCUT2D eigenvalue weighted by molar-refractivity contribution is 0.415. The van der Waals surface area contributed by atoms with Gasteiger partial charge in [-0.25, -0.2) is 4.98 Å². The third-order valence-electron chi connectivity index (χ3n) is 1.88. The molecule has 1 heterocycles. The standard InChI is InChI=1S/C10H8ClNOS/c1-13-7-2-3-8(9(11)4-7)10-5-14-6-12-10/h2-6H,1H3. The Bertz CT molecular complexity index is 428. The zero-order chi connectivity index (χ0) is 9.97. The van der Waals surface area contributed by atoms with Crippen LogP contribution in [0.3, 0.4) is 0 Å². The fraction of sp³-hybridized carbons (Fsp3) is 0.100. The Balaban J connectivity index is 2.46. The van der Waals surface area contributed by atoms with Gasteiger partial charge in [-0.3, -0.25) is 0 Å². The fourth-order valence-corrected chi connectivity index (χ4v) is 2.00. The summed E-state index contributed by atoms with van der Waals surface area (Å²) in [5.74, 6) is 0.758. The molecular weight excluding hydrogens is 218 g/mol. The maximum atomic E-state index is 6.08. The van der Waals surface area contributed by atoms with Gasteiger partial charge in [-0.2, -0.15) is 0 Å². The zero-order valence-corrected chi connectivity index (χ0v) is 9.10. The van der Waals surface area contributed by atoms with Crippen molar-refractivity contribution >= 4 is 22.9 Å². The third kappa shape index (κ3) is 1.74. The molecule has 0 bridgehead atoms. The molecule has 0 amide bonds. The van der Waals surface area contributed by atoms with E-state index in [0.717, 1.165) is 17.0 Å². The van der Waals surface area contributed by atoms with Crippen LogP contribution in [0.25, 0.3) is 11.3 Å². The highest BCUT2D eigenvalue weighted by Crippen LogP contribution is 2.30. The van der Waals surface area contributed by atoms with E-state index in [4.69, 9.17) is 16.3 Å². The number of ether oxygens (including phenoxy) is 1. The highest BCUT2D eigenvalue weighted by Gasteiger charge is 2.05. The SMILES string of the molecule is COc1ccc(-c2cscn2)c(Cl)c1. The van der Waals surface area contributed by atoms with Gasteiger partial charge in [-0.15, -0.1) is 11.3 Å². The third-order valence-corrected chi connectivity index (χ3v) is 2.78. The fourth-order valence-electron chi connectivity index (χ4n) is 1.18. The zero-order valence-electron chi connectivity index (χ0n) is 7.53. The van der Waals surface area contributed by atoms with E-state index >= 15 is 0 Å². The highest BCUT2D eigenvalue weighted by molar-refractivity contribution is 7.07. The normalized spacial score (nSPS) is 10.1. The van der Waals surface area contributed by atoms with E-state index in [9.17, 15) is 0 Å². The smallest absolute Gasteiger partial charge is 0.120 e. The van der Waals surface area contributed by atoms with Crippen LogP contribution in [0, 0.1) is 0 Å². The lowest BCUT2D eigenvalue weighted by Crippen LogP contribution is -1.84. The Morgan fingerprint density at radius 1 is 1.43 bits per heavy atom. The molecule has 1 aromatic carbocycles.